The number of carbonyl (C=O) groups excluding carboxylic acids is 2. The molecule has 1 aliphatic rings. The Kier molecular flexibility index (Phi) is 6.07. The first-order chi connectivity index (χ1) is 10.3. The summed E-state index contributed by atoms with van der Waals surface area (Å²) >= 11 is 0. The van der Waals surface area contributed by atoms with Gasteiger partial charge < -0.3 is 19.9 Å². The molecule has 2 N–H and O–H groups in total. The number of ether oxygens (including phenoxy) is 2. The molecule has 0 spiro atoms. The van der Waals surface area contributed by atoms with Crippen LogP contribution in [-0.4, -0.2) is 40.5 Å². The molecule has 6 heteroatoms. The zero-order chi connectivity index (χ0) is 18.0. The van der Waals surface area contributed by atoms with Crippen LogP contribution in [0.5, 0.6) is 0 Å². The van der Waals surface area contributed by atoms with E-state index in [0.717, 1.165) is 0 Å². The number of carbonyl (C=O) groups is 2. The van der Waals surface area contributed by atoms with E-state index in [1.54, 1.807) is 34.6 Å². The largest absolute Gasteiger partial charge is 0.460 e. The maximum Gasteiger partial charge on any atom is 0.408 e. The first kappa shape index (κ1) is 19.7. The lowest BCUT2D eigenvalue weighted by atomic mass is 9.86. The monoisotopic (exact) mass is 329 g/mol. The molecule has 23 heavy (non-hydrogen) atoms. The number of esters is 1. The summed E-state index contributed by atoms with van der Waals surface area (Å²) in [6.45, 7) is 12.7. The van der Waals surface area contributed by atoms with E-state index in [0.29, 0.717) is 18.8 Å². The van der Waals surface area contributed by atoms with Gasteiger partial charge in [-0.05, 0) is 47.0 Å². The molecule has 1 aliphatic heterocycles. The zero-order valence-electron chi connectivity index (χ0n) is 15.3. The van der Waals surface area contributed by atoms with Gasteiger partial charge >= 0.3 is 12.1 Å². The summed E-state index contributed by atoms with van der Waals surface area (Å²) in [6.07, 6.45) is 0.0745. The molecule has 0 aromatic rings. The average molecular weight is 329 g/mol. The standard InChI is InChI=1S/C17H31NO5/c1-10(2)8-12(18-15(20)23-16(3,4)5)13-9-11(14(19)22-13)17(6,7)21/h10-13,21H,8-9H2,1-7H3,(H,18,20)/t11-,12+,13-/m1/s1. The Morgan fingerprint density at radius 3 is 2.30 bits per heavy atom. The molecule has 0 aromatic heterocycles. The van der Waals surface area contributed by atoms with Crippen molar-refractivity contribution in [1.82, 2.24) is 5.32 Å². The quantitative estimate of drug-likeness (QED) is 0.757. The van der Waals surface area contributed by atoms with Crippen LogP contribution in [0.1, 0.15) is 61.3 Å². The van der Waals surface area contributed by atoms with Gasteiger partial charge in [-0.3, -0.25) is 4.79 Å². The predicted molar refractivity (Wildman–Crippen MR) is 86.9 cm³/mol. The topological polar surface area (TPSA) is 84.9 Å². The fraction of sp³-hybridized carbons (Fsp3) is 0.882. The molecule has 1 amide bonds. The lowest BCUT2D eigenvalue weighted by molar-refractivity contribution is -0.150. The van der Waals surface area contributed by atoms with Crippen molar-refractivity contribution in [1.29, 1.82) is 0 Å². The van der Waals surface area contributed by atoms with Crippen molar-refractivity contribution in [3.05, 3.63) is 0 Å². The highest BCUT2D eigenvalue weighted by Gasteiger charge is 2.46. The molecule has 3 atom stereocenters. The highest BCUT2D eigenvalue weighted by molar-refractivity contribution is 5.76. The fourth-order valence-corrected chi connectivity index (χ4v) is 2.70. The zero-order valence-corrected chi connectivity index (χ0v) is 15.3. The molecule has 1 rings (SSSR count). The Bertz CT molecular complexity index is 433. The second kappa shape index (κ2) is 7.07. The highest BCUT2D eigenvalue weighted by Crippen LogP contribution is 2.33. The van der Waals surface area contributed by atoms with Crippen LogP contribution in [-0.2, 0) is 14.3 Å². The SMILES string of the molecule is CC(C)C[C@H](NC(=O)OC(C)(C)C)[C@H]1C[C@@H](C(C)(C)O)C(=O)O1. The van der Waals surface area contributed by atoms with Gasteiger partial charge in [-0.2, -0.15) is 0 Å². The van der Waals surface area contributed by atoms with Crippen LogP contribution >= 0.6 is 0 Å². The first-order valence-electron chi connectivity index (χ1n) is 8.22. The third-order valence-electron chi connectivity index (χ3n) is 3.75. The number of rotatable bonds is 5. The van der Waals surface area contributed by atoms with Crippen molar-refractivity contribution < 1.29 is 24.2 Å². The normalized spacial score (nSPS) is 23.6. The summed E-state index contributed by atoms with van der Waals surface area (Å²) in [5, 5.41) is 12.9. The van der Waals surface area contributed by atoms with Crippen LogP contribution in [0.4, 0.5) is 4.79 Å². The number of hydrogen-bond donors (Lipinski definition) is 2. The molecule has 0 aliphatic carbocycles. The van der Waals surface area contributed by atoms with Gasteiger partial charge in [0.25, 0.3) is 0 Å². The fourth-order valence-electron chi connectivity index (χ4n) is 2.70. The molecule has 134 valence electrons. The molecule has 0 bridgehead atoms. The van der Waals surface area contributed by atoms with Crippen molar-refractivity contribution in [3.63, 3.8) is 0 Å². The van der Waals surface area contributed by atoms with Gasteiger partial charge in [0.15, 0.2) is 0 Å². The number of cyclic esters (lactones) is 1. The minimum Gasteiger partial charge on any atom is -0.460 e. The first-order valence-corrected chi connectivity index (χ1v) is 8.22. The summed E-state index contributed by atoms with van der Waals surface area (Å²) in [7, 11) is 0. The van der Waals surface area contributed by atoms with Crippen molar-refractivity contribution in [2.24, 2.45) is 11.8 Å². The van der Waals surface area contributed by atoms with E-state index in [4.69, 9.17) is 9.47 Å². The van der Waals surface area contributed by atoms with Gasteiger partial charge in [-0.25, -0.2) is 4.79 Å². The van der Waals surface area contributed by atoms with Crippen LogP contribution in [0.15, 0.2) is 0 Å². The van der Waals surface area contributed by atoms with Crippen LogP contribution in [0.2, 0.25) is 0 Å². The summed E-state index contributed by atoms with van der Waals surface area (Å²) < 4.78 is 10.7. The Morgan fingerprint density at radius 1 is 1.35 bits per heavy atom. The third-order valence-corrected chi connectivity index (χ3v) is 3.75. The second-order valence-corrected chi connectivity index (χ2v) is 8.30. The number of amides is 1. The average Bonchev–Trinajstić information content (AvgIpc) is 2.66. The lowest BCUT2D eigenvalue weighted by Crippen LogP contribution is -2.46. The van der Waals surface area contributed by atoms with E-state index < -0.39 is 35.3 Å². The molecule has 0 unspecified atom stereocenters. The van der Waals surface area contributed by atoms with Crippen LogP contribution < -0.4 is 5.32 Å². The molecule has 0 saturated carbocycles. The van der Waals surface area contributed by atoms with Crippen molar-refractivity contribution in [2.45, 2.75) is 84.7 Å². The number of alkyl carbamates (subject to hydrolysis) is 1. The van der Waals surface area contributed by atoms with E-state index in [9.17, 15) is 14.7 Å². The molecule has 1 heterocycles. The van der Waals surface area contributed by atoms with Gasteiger partial charge in [-0.15, -0.1) is 0 Å². The minimum absolute atomic E-state index is 0.315. The summed E-state index contributed by atoms with van der Waals surface area (Å²) in [5.74, 6) is -0.681. The Labute approximate surface area is 138 Å². The second-order valence-electron chi connectivity index (χ2n) is 8.30. The number of aliphatic hydroxyl groups is 1. The van der Waals surface area contributed by atoms with Crippen LogP contribution in [0.3, 0.4) is 0 Å². The van der Waals surface area contributed by atoms with Gasteiger partial charge in [0.1, 0.15) is 11.7 Å². The molecule has 1 fully saturated rings. The van der Waals surface area contributed by atoms with E-state index in [2.05, 4.69) is 5.32 Å². The summed E-state index contributed by atoms with van der Waals surface area (Å²) in [4.78, 5) is 24.1. The Hall–Kier alpha value is -1.30. The van der Waals surface area contributed by atoms with Gasteiger partial charge in [0.2, 0.25) is 0 Å². The van der Waals surface area contributed by atoms with Crippen molar-refractivity contribution >= 4 is 12.1 Å². The van der Waals surface area contributed by atoms with Crippen LogP contribution in [0, 0.1) is 11.8 Å². The van der Waals surface area contributed by atoms with Crippen molar-refractivity contribution in [2.75, 3.05) is 0 Å². The van der Waals surface area contributed by atoms with E-state index in [1.165, 1.54) is 0 Å². The Morgan fingerprint density at radius 2 is 1.91 bits per heavy atom. The van der Waals surface area contributed by atoms with Gasteiger partial charge in [0, 0.05) is 6.42 Å². The summed E-state index contributed by atoms with van der Waals surface area (Å²) in [5.41, 5.74) is -1.73. The van der Waals surface area contributed by atoms with E-state index >= 15 is 0 Å². The van der Waals surface area contributed by atoms with Crippen LogP contribution in [0.25, 0.3) is 0 Å². The predicted octanol–water partition coefficient (Wildman–Crippen LogP) is 2.63. The van der Waals surface area contributed by atoms with E-state index in [1.807, 2.05) is 13.8 Å². The number of nitrogens with one attached hydrogen (secondary N) is 1. The van der Waals surface area contributed by atoms with Gasteiger partial charge in [0.05, 0.1) is 17.6 Å². The van der Waals surface area contributed by atoms with Crippen molar-refractivity contribution in [3.8, 4) is 0 Å². The summed E-state index contributed by atoms with van der Waals surface area (Å²) in [6, 6.07) is -0.332. The van der Waals surface area contributed by atoms with E-state index in [-0.39, 0.29) is 6.04 Å². The molecular weight excluding hydrogens is 298 g/mol. The smallest absolute Gasteiger partial charge is 0.408 e. The lowest BCUT2D eigenvalue weighted by Gasteiger charge is -2.28. The maximum absolute atomic E-state index is 12.0. The molecule has 0 radical (unpaired) electrons. The maximum atomic E-state index is 12.0. The molecule has 0 aromatic carbocycles. The van der Waals surface area contributed by atoms with Gasteiger partial charge in [-0.1, -0.05) is 13.8 Å². The molecule has 1 saturated heterocycles. The molecular formula is C17H31NO5. The third kappa shape index (κ3) is 6.37. The molecule has 6 nitrogen and oxygen atoms in total. The Balaban J connectivity index is 2.79. The number of hydrogen-bond acceptors (Lipinski definition) is 5. The highest BCUT2D eigenvalue weighted by atomic mass is 16.6. The minimum atomic E-state index is -1.14.